The topological polar surface area (TPSA) is 75.3 Å². The van der Waals surface area contributed by atoms with Gasteiger partial charge < -0.3 is 16.2 Å². The zero-order chi connectivity index (χ0) is 14.0. The quantitative estimate of drug-likeness (QED) is 0.730. The van der Waals surface area contributed by atoms with Crippen molar-refractivity contribution in [3.05, 3.63) is 51.5 Å². The molecule has 2 rings (SSSR count). The Bertz CT molecular complexity index is 647. The normalized spacial score (nSPS) is 10.2. The van der Waals surface area contributed by atoms with Gasteiger partial charge in [0.2, 0.25) is 0 Å². The Kier molecular flexibility index (Phi) is 3.97. The van der Waals surface area contributed by atoms with Crippen molar-refractivity contribution in [1.29, 1.82) is 0 Å². The third-order valence-electron chi connectivity index (χ3n) is 2.44. The van der Waals surface area contributed by atoms with Crippen LogP contribution in [0.4, 0.5) is 11.4 Å². The number of halogens is 2. The number of nitrogens with two attached hydrogens (primary N) is 1. The fourth-order valence-electron chi connectivity index (χ4n) is 1.51. The molecule has 2 aromatic carbocycles. The van der Waals surface area contributed by atoms with E-state index < -0.39 is 5.91 Å². The average molecular weight is 342 g/mol. The third-order valence-corrected chi connectivity index (χ3v) is 3.34. The van der Waals surface area contributed by atoms with Gasteiger partial charge in [0.05, 0.1) is 11.3 Å². The van der Waals surface area contributed by atoms with E-state index in [1.807, 2.05) is 0 Å². The van der Waals surface area contributed by atoms with Crippen LogP contribution in [-0.2, 0) is 0 Å². The molecule has 0 aliphatic carbocycles. The number of rotatable bonds is 2. The summed E-state index contributed by atoms with van der Waals surface area (Å²) in [5, 5.41) is 12.7. The molecule has 0 spiro atoms. The van der Waals surface area contributed by atoms with Gasteiger partial charge in [0.15, 0.2) is 0 Å². The first kappa shape index (κ1) is 13.7. The van der Waals surface area contributed by atoms with E-state index in [-0.39, 0.29) is 11.3 Å². The standard InChI is InChI=1S/C13H10BrClN2O2/c14-10-6-8(16)2-3-11(10)17-13(19)9-5-7(15)1-4-12(9)18/h1-6,18H,16H2,(H,17,19). The van der Waals surface area contributed by atoms with Crippen molar-refractivity contribution < 1.29 is 9.90 Å². The van der Waals surface area contributed by atoms with Crippen LogP contribution in [0.25, 0.3) is 0 Å². The van der Waals surface area contributed by atoms with Crippen LogP contribution in [0.15, 0.2) is 40.9 Å². The zero-order valence-corrected chi connectivity index (χ0v) is 12.0. The number of nitrogens with one attached hydrogen (secondary N) is 1. The van der Waals surface area contributed by atoms with Gasteiger partial charge in [0.25, 0.3) is 5.91 Å². The van der Waals surface area contributed by atoms with Gasteiger partial charge in [0.1, 0.15) is 5.75 Å². The van der Waals surface area contributed by atoms with E-state index in [0.717, 1.165) is 0 Å². The molecule has 0 atom stereocenters. The highest BCUT2D eigenvalue weighted by Crippen LogP contribution is 2.27. The van der Waals surface area contributed by atoms with Gasteiger partial charge in [0, 0.05) is 15.2 Å². The van der Waals surface area contributed by atoms with E-state index >= 15 is 0 Å². The maximum atomic E-state index is 12.0. The summed E-state index contributed by atoms with van der Waals surface area (Å²) in [5.41, 5.74) is 6.85. The Balaban J connectivity index is 2.28. The lowest BCUT2D eigenvalue weighted by atomic mass is 10.2. The van der Waals surface area contributed by atoms with Gasteiger partial charge in [-0.1, -0.05) is 11.6 Å². The summed E-state index contributed by atoms with van der Waals surface area (Å²) in [6, 6.07) is 9.28. The third kappa shape index (κ3) is 3.19. The minimum absolute atomic E-state index is 0.108. The largest absolute Gasteiger partial charge is 0.507 e. The maximum Gasteiger partial charge on any atom is 0.259 e. The molecule has 1 amide bonds. The predicted molar refractivity (Wildman–Crippen MR) is 79.6 cm³/mol. The van der Waals surface area contributed by atoms with Crippen molar-refractivity contribution in [2.75, 3.05) is 11.1 Å². The summed E-state index contributed by atoms with van der Waals surface area (Å²) in [4.78, 5) is 12.0. The number of nitrogen functional groups attached to an aromatic ring is 1. The summed E-state index contributed by atoms with van der Waals surface area (Å²) >= 11 is 9.10. The molecule has 19 heavy (non-hydrogen) atoms. The summed E-state index contributed by atoms with van der Waals surface area (Å²) in [5.74, 6) is -0.584. The lowest BCUT2D eigenvalue weighted by Gasteiger charge is -2.09. The molecule has 0 heterocycles. The molecule has 0 aliphatic heterocycles. The van der Waals surface area contributed by atoms with Crippen LogP contribution in [0.1, 0.15) is 10.4 Å². The summed E-state index contributed by atoms with van der Waals surface area (Å²) < 4.78 is 0.655. The van der Waals surface area contributed by atoms with Crippen molar-refractivity contribution in [2.24, 2.45) is 0 Å². The van der Waals surface area contributed by atoms with Crippen molar-refractivity contribution in [3.8, 4) is 5.75 Å². The van der Waals surface area contributed by atoms with E-state index in [1.54, 1.807) is 18.2 Å². The number of carbonyl (C=O) groups is 1. The summed E-state index contributed by atoms with van der Waals surface area (Å²) in [6.45, 7) is 0. The Morgan fingerprint density at radius 3 is 2.68 bits per heavy atom. The highest BCUT2D eigenvalue weighted by atomic mass is 79.9. The van der Waals surface area contributed by atoms with Gasteiger partial charge in [-0.15, -0.1) is 0 Å². The number of phenolic OH excluding ortho intramolecular Hbond substituents is 1. The first-order chi connectivity index (χ1) is 8.97. The molecule has 0 fully saturated rings. The van der Waals surface area contributed by atoms with Gasteiger partial charge in [-0.05, 0) is 52.3 Å². The molecule has 2 aromatic rings. The molecule has 98 valence electrons. The highest BCUT2D eigenvalue weighted by molar-refractivity contribution is 9.10. The van der Waals surface area contributed by atoms with Gasteiger partial charge in [-0.25, -0.2) is 0 Å². The summed E-state index contributed by atoms with van der Waals surface area (Å²) in [7, 11) is 0. The lowest BCUT2D eigenvalue weighted by molar-refractivity contribution is 0.102. The van der Waals surface area contributed by atoms with Crippen molar-refractivity contribution in [2.45, 2.75) is 0 Å². The van der Waals surface area contributed by atoms with Crippen LogP contribution >= 0.6 is 27.5 Å². The molecule has 0 saturated carbocycles. The van der Waals surface area contributed by atoms with Crippen LogP contribution in [0, 0.1) is 0 Å². The molecule has 0 aliphatic rings. The molecule has 0 saturated heterocycles. The molecule has 4 nitrogen and oxygen atoms in total. The molecule has 0 unspecified atom stereocenters. The second kappa shape index (κ2) is 5.50. The molecule has 0 bridgehead atoms. The number of hydrogen-bond donors (Lipinski definition) is 3. The molecule has 4 N–H and O–H groups in total. The Morgan fingerprint density at radius 2 is 2.00 bits per heavy atom. The molecule has 0 radical (unpaired) electrons. The smallest absolute Gasteiger partial charge is 0.259 e. The van der Waals surface area contributed by atoms with Crippen molar-refractivity contribution >= 4 is 44.8 Å². The van der Waals surface area contributed by atoms with Crippen LogP contribution in [0.2, 0.25) is 5.02 Å². The predicted octanol–water partition coefficient (Wildman–Crippen LogP) is 3.64. The fraction of sp³-hybridized carbons (Fsp3) is 0. The molecule has 0 aromatic heterocycles. The minimum Gasteiger partial charge on any atom is -0.507 e. The SMILES string of the molecule is Nc1ccc(NC(=O)c2cc(Cl)ccc2O)c(Br)c1. The fourth-order valence-corrected chi connectivity index (χ4v) is 2.18. The number of benzene rings is 2. The minimum atomic E-state index is -0.453. The Morgan fingerprint density at radius 1 is 1.26 bits per heavy atom. The lowest BCUT2D eigenvalue weighted by Crippen LogP contribution is -2.12. The number of phenols is 1. The van der Waals surface area contributed by atoms with Crippen LogP contribution in [0.3, 0.4) is 0 Å². The number of carbonyl (C=O) groups excluding carboxylic acids is 1. The molecular formula is C13H10BrClN2O2. The number of aromatic hydroxyl groups is 1. The van der Waals surface area contributed by atoms with Crippen molar-refractivity contribution in [1.82, 2.24) is 0 Å². The van der Waals surface area contributed by atoms with Crippen LogP contribution < -0.4 is 11.1 Å². The molecular weight excluding hydrogens is 332 g/mol. The first-order valence-electron chi connectivity index (χ1n) is 5.32. The maximum absolute atomic E-state index is 12.0. The summed E-state index contributed by atoms with van der Waals surface area (Å²) in [6.07, 6.45) is 0. The van der Waals surface area contributed by atoms with E-state index in [4.69, 9.17) is 17.3 Å². The van der Waals surface area contributed by atoms with Gasteiger partial charge in [-0.3, -0.25) is 4.79 Å². The van der Waals surface area contributed by atoms with E-state index in [0.29, 0.717) is 20.9 Å². The van der Waals surface area contributed by atoms with E-state index in [1.165, 1.54) is 18.2 Å². The van der Waals surface area contributed by atoms with Gasteiger partial charge in [-0.2, -0.15) is 0 Å². The van der Waals surface area contributed by atoms with E-state index in [9.17, 15) is 9.90 Å². The first-order valence-corrected chi connectivity index (χ1v) is 6.49. The van der Waals surface area contributed by atoms with Crippen LogP contribution in [0.5, 0.6) is 5.75 Å². The van der Waals surface area contributed by atoms with Gasteiger partial charge >= 0.3 is 0 Å². The Hall–Kier alpha value is -1.72. The highest BCUT2D eigenvalue weighted by Gasteiger charge is 2.13. The van der Waals surface area contributed by atoms with Crippen LogP contribution in [-0.4, -0.2) is 11.0 Å². The number of hydrogen-bond acceptors (Lipinski definition) is 3. The number of amides is 1. The second-order valence-electron chi connectivity index (χ2n) is 3.85. The average Bonchev–Trinajstić information content (AvgIpc) is 2.35. The Labute approximate surface area is 123 Å². The number of anilines is 2. The second-order valence-corrected chi connectivity index (χ2v) is 5.15. The zero-order valence-electron chi connectivity index (χ0n) is 9.65. The molecule has 6 heteroatoms. The monoisotopic (exact) mass is 340 g/mol. The van der Waals surface area contributed by atoms with E-state index in [2.05, 4.69) is 21.2 Å². The van der Waals surface area contributed by atoms with Crippen molar-refractivity contribution in [3.63, 3.8) is 0 Å².